The van der Waals surface area contributed by atoms with Crippen LogP contribution in [-0.4, -0.2) is 71.5 Å². The molecule has 2 fully saturated rings. The average molecular weight is 550 g/mol. The molecule has 0 aliphatic carbocycles. The van der Waals surface area contributed by atoms with Crippen molar-refractivity contribution in [2.75, 3.05) is 32.7 Å². The zero-order valence-electron chi connectivity index (χ0n) is 23.5. The van der Waals surface area contributed by atoms with Crippen LogP contribution in [0.3, 0.4) is 0 Å². The Hall–Kier alpha value is -2.81. The van der Waals surface area contributed by atoms with Crippen molar-refractivity contribution in [2.45, 2.75) is 71.6 Å². The number of carbonyl (C=O) groups is 2. The lowest BCUT2D eigenvalue weighted by Crippen LogP contribution is -2.58. The summed E-state index contributed by atoms with van der Waals surface area (Å²) < 4.78 is 45.8. The Labute approximate surface area is 230 Å². The molecule has 2 saturated heterocycles. The van der Waals surface area contributed by atoms with Gasteiger partial charge in [-0.1, -0.05) is 57.2 Å². The summed E-state index contributed by atoms with van der Waals surface area (Å²) >= 11 is 0. The van der Waals surface area contributed by atoms with E-state index in [1.807, 2.05) is 40.1 Å². The van der Waals surface area contributed by atoms with Gasteiger partial charge in [0, 0.05) is 52.1 Å². The Kier molecular flexibility index (Phi) is 10.6. The highest BCUT2D eigenvalue weighted by atomic mass is 19.4. The van der Waals surface area contributed by atoms with Crippen molar-refractivity contribution in [1.82, 2.24) is 14.7 Å². The van der Waals surface area contributed by atoms with Crippen LogP contribution in [0.2, 0.25) is 0 Å². The number of benzene rings is 1. The minimum Gasteiger partial charge on any atom is -0.455 e. The van der Waals surface area contributed by atoms with Crippen LogP contribution in [0.5, 0.6) is 0 Å². The van der Waals surface area contributed by atoms with Gasteiger partial charge in [-0.15, -0.1) is 0 Å². The number of nitrogens with zero attached hydrogens (tertiary/aromatic N) is 3. The zero-order chi connectivity index (χ0) is 28.7. The predicted octanol–water partition coefficient (Wildman–Crippen LogP) is 5.93. The second-order valence-electron chi connectivity index (χ2n) is 10.7. The third kappa shape index (κ3) is 7.87. The van der Waals surface area contributed by atoms with Gasteiger partial charge < -0.3 is 14.5 Å². The summed E-state index contributed by atoms with van der Waals surface area (Å²) in [4.78, 5) is 31.1. The first-order valence-electron chi connectivity index (χ1n) is 13.9. The lowest BCUT2D eigenvalue weighted by molar-refractivity contribution is -0.141. The van der Waals surface area contributed by atoms with Crippen LogP contribution in [0.1, 0.15) is 65.0 Å². The molecule has 0 radical (unpaired) electrons. The van der Waals surface area contributed by atoms with Gasteiger partial charge in [-0.05, 0) is 43.2 Å². The predicted molar refractivity (Wildman–Crippen MR) is 145 cm³/mol. The number of halogens is 3. The highest BCUT2D eigenvalue weighted by molar-refractivity contribution is 5.77. The smallest absolute Gasteiger partial charge is 0.449 e. The molecule has 3 unspecified atom stereocenters. The Balaban J connectivity index is 1.78. The third-order valence-corrected chi connectivity index (χ3v) is 8.16. The molecule has 0 bridgehead atoms. The highest BCUT2D eigenvalue weighted by Gasteiger charge is 2.40. The van der Waals surface area contributed by atoms with Crippen molar-refractivity contribution >= 4 is 11.8 Å². The molecule has 0 N–H and O–H groups in total. The maximum Gasteiger partial charge on any atom is 0.449 e. The molecular formula is C30H42F3N3O3. The van der Waals surface area contributed by atoms with Crippen molar-refractivity contribution in [3.8, 4) is 0 Å². The van der Waals surface area contributed by atoms with E-state index in [1.165, 1.54) is 6.92 Å². The second-order valence-corrected chi connectivity index (χ2v) is 10.7. The summed E-state index contributed by atoms with van der Waals surface area (Å²) in [5, 5.41) is 0. The number of piperidine rings is 1. The van der Waals surface area contributed by atoms with Crippen LogP contribution in [0, 0.1) is 11.8 Å². The minimum absolute atomic E-state index is 0.00605. The molecule has 1 aromatic carbocycles. The van der Waals surface area contributed by atoms with Crippen LogP contribution in [-0.2, 0) is 14.3 Å². The number of likely N-dealkylation sites (tertiary alicyclic amines) is 1. The van der Waals surface area contributed by atoms with E-state index in [2.05, 4.69) is 25.3 Å². The quantitative estimate of drug-likeness (QED) is 0.358. The number of alkyl halides is 3. The molecule has 2 amide bonds. The van der Waals surface area contributed by atoms with E-state index >= 15 is 0 Å². The molecule has 2 heterocycles. The van der Waals surface area contributed by atoms with Crippen molar-refractivity contribution in [1.29, 1.82) is 0 Å². The molecule has 216 valence electrons. The number of piperazine rings is 1. The number of amides is 2. The van der Waals surface area contributed by atoms with Crippen molar-refractivity contribution in [3.05, 3.63) is 60.1 Å². The van der Waals surface area contributed by atoms with Gasteiger partial charge >= 0.3 is 6.18 Å². The topological polar surface area (TPSA) is 53.1 Å². The van der Waals surface area contributed by atoms with Crippen LogP contribution in [0.25, 0.3) is 0 Å². The molecular weight excluding hydrogens is 507 g/mol. The lowest BCUT2D eigenvalue weighted by atomic mass is 9.90. The molecule has 9 heteroatoms. The Bertz CT molecular complexity index is 1020. The fraction of sp³-hybridized carbons (Fsp3) is 0.600. The number of allylic oxidation sites excluding steroid dienone is 2. The van der Waals surface area contributed by atoms with Gasteiger partial charge in [-0.2, -0.15) is 13.2 Å². The fourth-order valence-corrected chi connectivity index (χ4v) is 5.66. The number of hydrogen-bond acceptors (Lipinski definition) is 4. The summed E-state index contributed by atoms with van der Waals surface area (Å²) in [5.41, 5.74) is 0.792. The first kappa shape index (κ1) is 30.7. The van der Waals surface area contributed by atoms with E-state index < -0.39 is 18.0 Å². The number of rotatable bonds is 9. The van der Waals surface area contributed by atoms with E-state index in [9.17, 15) is 22.8 Å². The molecule has 1 aromatic rings. The monoisotopic (exact) mass is 549 g/mol. The van der Waals surface area contributed by atoms with E-state index in [-0.39, 0.29) is 35.5 Å². The van der Waals surface area contributed by atoms with Gasteiger partial charge in [0.05, 0.1) is 6.04 Å². The van der Waals surface area contributed by atoms with E-state index in [0.29, 0.717) is 39.1 Å². The molecule has 3 rings (SSSR count). The maximum atomic E-state index is 13.5. The van der Waals surface area contributed by atoms with E-state index in [1.54, 1.807) is 6.92 Å². The molecule has 3 atom stereocenters. The Morgan fingerprint density at radius 3 is 2.31 bits per heavy atom. The molecule has 6 nitrogen and oxygen atoms in total. The van der Waals surface area contributed by atoms with E-state index in [0.717, 1.165) is 30.9 Å². The van der Waals surface area contributed by atoms with Crippen molar-refractivity contribution < 1.29 is 27.5 Å². The molecule has 0 spiro atoms. The largest absolute Gasteiger partial charge is 0.455 e. The van der Waals surface area contributed by atoms with Crippen LogP contribution in [0.15, 0.2) is 54.5 Å². The summed E-state index contributed by atoms with van der Waals surface area (Å²) in [7, 11) is 0. The second kappa shape index (κ2) is 13.5. The molecule has 39 heavy (non-hydrogen) atoms. The summed E-state index contributed by atoms with van der Waals surface area (Å²) in [6.07, 6.45) is -0.759. The standard InChI is InChI=1S/C30H42F3N3O3/c1-6-21(3)26-20-35(17-18-36(26)28(38)19-24-13-15-34(16-14-24)23(5)37)29(25-11-9-8-10-12-25)22(4)39-27(7-2)30(31,32)33/h7-12,21,24,26,29H,4,6,13-20H2,1-3,5H3/b27-7-. The normalized spacial score (nSPS) is 21.4. The Morgan fingerprint density at radius 2 is 1.77 bits per heavy atom. The van der Waals surface area contributed by atoms with Gasteiger partial charge in [-0.3, -0.25) is 14.5 Å². The lowest BCUT2D eigenvalue weighted by Gasteiger charge is -2.47. The zero-order valence-corrected chi connectivity index (χ0v) is 23.5. The first-order chi connectivity index (χ1) is 18.5. The van der Waals surface area contributed by atoms with Crippen molar-refractivity contribution in [3.63, 3.8) is 0 Å². The number of carbonyl (C=O) groups excluding carboxylic acids is 2. The van der Waals surface area contributed by atoms with Crippen LogP contribution in [0.4, 0.5) is 13.2 Å². The summed E-state index contributed by atoms with van der Waals surface area (Å²) in [6, 6.07) is 8.60. The first-order valence-corrected chi connectivity index (χ1v) is 13.9. The SMILES string of the molecule is C=C(O/C(=C\C)C(F)(F)F)C(c1ccccc1)N1CCN(C(=O)CC2CCN(C(C)=O)CC2)C(C(C)CC)C1. The summed E-state index contributed by atoms with van der Waals surface area (Å²) in [5.74, 6) is -0.453. The molecule has 0 saturated carbocycles. The maximum absolute atomic E-state index is 13.5. The van der Waals surface area contributed by atoms with Gasteiger partial charge in [0.15, 0.2) is 0 Å². The highest BCUT2D eigenvalue weighted by Crippen LogP contribution is 2.37. The number of ether oxygens (including phenoxy) is 1. The van der Waals surface area contributed by atoms with Crippen LogP contribution >= 0.6 is 0 Å². The molecule has 2 aliphatic rings. The molecule has 2 aliphatic heterocycles. The van der Waals surface area contributed by atoms with Gasteiger partial charge in [0.2, 0.25) is 17.6 Å². The Morgan fingerprint density at radius 1 is 1.13 bits per heavy atom. The van der Waals surface area contributed by atoms with Crippen LogP contribution < -0.4 is 0 Å². The number of hydrogen-bond donors (Lipinski definition) is 0. The fourth-order valence-electron chi connectivity index (χ4n) is 5.66. The van der Waals surface area contributed by atoms with Gasteiger partial charge in [0.1, 0.15) is 5.76 Å². The molecule has 0 aromatic heterocycles. The van der Waals surface area contributed by atoms with Gasteiger partial charge in [-0.25, -0.2) is 0 Å². The van der Waals surface area contributed by atoms with Crippen molar-refractivity contribution in [2.24, 2.45) is 11.8 Å². The van der Waals surface area contributed by atoms with Gasteiger partial charge in [0.25, 0.3) is 0 Å². The minimum atomic E-state index is -4.62. The van der Waals surface area contributed by atoms with E-state index in [4.69, 9.17) is 4.74 Å². The third-order valence-electron chi connectivity index (χ3n) is 8.16. The average Bonchev–Trinajstić information content (AvgIpc) is 2.91. The summed E-state index contributed by atoms with van der Waals surface area (Å²) in [6.45, 7) is 13.8.